The maximum absolute atomic E-state index is 13.1. The molecule has 2 aromatic rings. The van der Waals surface area contributed by atoms with Gasteiger partial charge in [0.05, 0.1) is 11.4 Å². The van der Waals surface area contributed by atoms with E-state index < -0.39 is 16.5 Å². The number of thioether (sulfide) groups is 1. The lowest BCUT2D eigenvalue weighted by molar-refractivity contribution is -0.120. The number of nitrogens with one attached hydrogen (secondary N) is 1. The summed E-state index contributed by atoms with van der Waals surface area (Å²) in [5, 5.41) is 3.19. The quantitative estimate of drug-likeness (QED) is 0.447. The van der Waals surface area contributed by atoms with E-state index in [4.69, 9.17) is 4.74 Å². The van der Waals surface area contributed by atoms with Crippen molar-refractivity contribution in [2.24, 2.45) is 13.0 Å². The average molecular weight is 464 g/mol. The van der Waals surface area contributed by atoms with E-state index in [2.05, 4.69) is 29.1 Å². The summed E-state index contributed by atoms with van der Waals surface area (Å²) in [6, 6.07) is 0. The Hall–Kier alpha value is -2.20. The Morgan fingerprint density at radius 3 is 2.66 bits per heavy atom. The van der Waals surface area contributed by atoms with Gasteiger partial charge >= 0.3 is 5.69 Å². The summed E-state index contributed by atoms with van der Waals surface area (Å²) in [6.45, 7) is 9.54. The van der Waals surface area contributed by atoms with Crippen molar-refractivity contribution in [3.63, 3.8) is 0 Å². The van der Waals surface area contributed by atoms with Crippen LogP contribution in [0.5, 0.6) is 0 Å². The predicted molar refractivity (Wildman–Crippen MR) is 125 cm³/mol. The molecule has 9 nitrogen and oxygen atoms in total. The van der Waals surface area contributed by atoms with Crippen molar-refractivity contribution >= 4 is 28.7 Å². The molecule has 2 aromatic heterocycles. The number of hydrogen-bond acceptors (Lipinski definition) is 7. The molecule has 1 aliphatic heterocycles. The Morgan fingerprint density at radius 2 is 2.03 bits per heavy atom. The second-order valence-electron chi connectivity index (χ2n) is 8.68. The van der Waals surface area contributed by atoms with Crippen molar-refractivity contribution in [2.45, 2.75) is 76.3 Å². The summed E-state index contributed by atoms with van der Waals surface area (Å²) in [7, 11) is 1.46. The number of nitrogens with zero attached hydrogens (tertiary/aromatic N) is 4. The lowest BCUT2D eigenvalue weighted by Gasteiger charge is -2.17. The highest BCUT2D eigenvalue weighted by atomic mass is 32.2. The maximum atomic E-state index is 13.1. The van der Waals surface area contributed by atoms with E-state index in [9.17, 15) is 14.4 Å². The van der Waals surface area contributed by atoms with Gasteiger partial charge in [0.15, 0.2) is 5.65 Å². The molecule has 0 saturated carbocycles. The Kier molecular flexibility index (Phi) is 8.10. The van der Waals surface area contributed by atoms with Crippen molar-refractivity contribution in [3.8, 4) is 0 Å². The first-order valence-corrected chi connectivity index (χ1v) is 12.2. The Labute approximate surface area is 192 Å². The van der Waals surface area contributed by atoms with E-state index in [0.717, 1.165) is 30.4 Å². The number of aromatic nitrogens is 4. The van der Waals surface area contributed by atoms with Gasteiger partial charge in [0, 0.05) is 33.2 Å². The fraction of sp³-hybridized carbons (Fsp3) is 0.682. The number of hydrogen-bond donors (Lipinski definition) is 1. The molecule has 0 bridgehead atoms. The van der Waals surface area contributed by atoms with Crippen LogP contribution in [0.25, 0.3) is 11.0 Å². The molecule has 32 heavy (non-hydrogen) atoms. The second-order valence-corrected chi connectivity index (χ2v) is 10.0. The minimum atomic E-state index is -0.474. The lowest BCUT2D eigenvalue weighted by atomic mass is 10.1. The van der Waals surface area contributed by atoms with Crippen LogP contribution < -0.4 is 16.6 Å². The second kappa shape index (κ2) is 10.6. The molecule has 0 unspecified atom stereocenters. The standard InChI is InChI=1S/C22H33N5O4S/c1-6-9-27-18-17(21(29)26(5)22(27)30)20(25-16(24-18)11-13(2)3)32-14(4)19(28)23-12-15-8-7-10-31-15/h13-15H,6-12H2,1-5H3,(H,23,28)/t14-,15+/m0/s1. The van der Waals surface area contributed by atoms with E-state index in [1.54, 1.807) is 6.92 Å². The molecular weight excluding hydrogens is 430 g/mol. The number of carbonyl (C=O) groups is 1. The molecule has 1 amide bonds. The van der Waals surface area contributed by atoms with Gasteiger partial charge in [-0.15, -0.1) is 0 Å². The monoisotopic (exact) mass is 463 g/mol. The molecule has 0 aromatic carbocycles. The van der Waals surface area contributed by atoms with Crippen molar-refractivity contribution in [2.75, 3.05) is 13.2 Å². The van der Waals surface area contributed by atoms with Crippen molar-refractivity contribution in [1.29, 1.82) is 0 Å². The molecule has 1 N–H and O–H groups in total. The molecule has 0 aliphatic carbocycles. The topological polar surface area (TPSA) is 108 Å². The van der Waals surface area contributed by atoms with E-state index >= 15 is 0 Å². The van der Waals surface area contributed by atoms with Gasteiger partial charge in [-0.1, -0.05) is 32.5 Å². The number of fused-ring (bicyclic) bond motifs is 1. The Balaban J connectivity index is 2.00. The van der Waals surface area contributed by atoms with E-state index in [1.165, 1.54) is 23.4 Å². The van der Waals surface area contributed by atoms with Crippen LogP contribution in [-0.4, -0.2) is 49.5 Å². The van der Waals surface area contributed by atoms with Gasteiger partial charge in [-0.2, -0.15) is 0 Å². The largest absolute Gasteiger partial charge is 0.376 e. The highest BCUT2D eigenvalue weighted by Crippen LogP contribution is 2.27. The smallest absolute Gasteiger partial charge is 0.332 e. The van der Waals surface area contributed by atoms with Crippen molar-refractivity contribution in [3.05, 3.63) is 26.7 Å². The van der Waals surface area contributed by atoms with Gasteiger partial charge in [0.1, 0.15) is 16.2 Å². The van der Waals surface area contributed by atoms with Crippen LogP contribution in [0.1, 0.15) is 52.8 Å². The van der Waals surface area contributed by atoms with Crippen LogP contribution in [0.4, 0.5) is 0 Å². The van der Waals surface area contributed by atoms with Gasteiger partial charge in [-0.25, -0.2) is 14.8 Å². The average Bonchev–Trinajstić information content (AvgIpc) is 3.26. The lowest BCUT2D eigenvalue weighted by Crippen LogP contribution is -2.39. The zero-order valence-electron chi connectivity index (χ0n) is 19.5. The minimum absolute atomic E-state index is 0.0597. The summed E-state index contributed by atoms with van der Waals surface area (Å²) in [6.07, 6.45) is 3.35. The van der Waals surface area contributed by atoms with Crippen LogP contribution in [-0.2, 0) is 29.5 Å². The summed E-state index contributed by atoms with van der Waals surface area (Å²) in [5.74, 6) is 0.733. The van der Waals surface area contributed by atoms with E-state index in [1.807, 2.05) is 6.92 Å². The van der Waals surface area contributed by atoms with Crippen LogP contribution in [0.2, 0.25) is 0 Å². The van der Waals surface area contributed by atoms with Gasteiger partial charge in [0.25, 0.3) is 5.56 Å². The molecule has 1 aliphatic rings. The Morgan fingerprint density at radius 1 is 1.28 bits per heavy atom. The zero-order valence-corrected chi connectivity index (χ0v) is 20.3. The van der Waals surface area contributed by atoms with Crippen molar-refractivity contribution in [1.82, 2.24) is 24.4 Å². The first-order chi connectivity index (χ1) is 15.2. The van der Waals surface area contributed by atoms with E-state index in [0.29, 0.717) is 41.9 Å². The zero-order chi connectivity index (χ0) is 23.4. The first kappa shape index (κ1) is 24.4. The minimum Gasteiger partial charge on any atom is -0.376 e. The van der Waals surface area contributed by atoms with Crippen molar-refractivity contribution < 1.29 is 9.53 Å². The highest BCUT2D eigenvalue weighted by molar-refractivity contribution is 8.00. The van der Waals surface area contributed by atoms with Crippen LogP contribution >= 0.6 is 11.8 Å². The van der Waals surface area contributed by atoms with Crippen LogP contribution in [0, 0.1) is 5.92 Å². The van der Waals surface area contributed by atoms with Crippen LogP contribution in [0.15, 0.2) is 14.6 Å². The molecule has 0 spiro atoms. The molecule has 0 radical (unpaired) electrons. The maximum Gasteiger partial charge on any atom is 0.332 e. The third-order valence-corrected chi connectivity index (χ3v) is 6.50. The van der Waals surface area contributed by atoms with Gasteiger partial charge in [-0.05, 0) is 32.1 Å². The summed E-state index contributed by atoms with van der Waals surface area (Å²) >= 11 is 1.23. The molecule has 1 saturated heterocycles. The first-order valence-electron chi connectivity index (χ1n) is 11.3. The summed E-state index contributed by atoms with van der Waals surface area (Å²) in [5.41, 5.74) is -0.486. The molecule has 2 atom stereocenters. The summed E-state index contributed by atoms with van der Waals surface area (Å²) < 4.78 is 8.20. The fourth-order valence-electron chi connectivity index (χ4n) is 3.73. The molecule has 176 valence electrons. The third kappa shape index (κ3) is 5.40. The van der Waals surface area contributed by atoms with Gasteiger partial charge in [-0.3, -0.25) is 18.7 Å². The number of amides is 1. The number of rotatable bonds is 9. The summed E-state index contributed by atoms with van der Waals surface area (Å²) in [4.78, 5) is 47.8. The SMILES string of the molecule is CCCn1c(=O)n(C)c(=O)c2c(S[C@@H](C)C(=O)NC[C@H]3CCCO3)nc(CC(C)C)nc21. The molecule has 3 heterocycles. The molecule has 3 rings (SSSR count). The van der Waals surface area contributed by atoms with Gasteiger partial charge < -0.3 is 10.1 Å². The normalized spacial score (nSPS) is 17.2. The predicted octanol–water partition coefficient (Wildman–Crippen LogP) is 1.87. The number of ether oxygens (including phenoxy) is 1. The highest BCUT2D eigenvalue weighted by Gasteiger charge is 2.24. The number of carbonyl (C=O) groups excluding carboxylic acids is 1. The molecular formula is C22H33N5O4S. The fourth-order valence-corrected chi connectivity index (χ4v) is 4.71. The van der Waals surface area contributed by atoms with Gasteiger partial charge in [0.2, 0.25) is 5.91 Å². The van der Waals surface area contributed by atoms with Crippen LogP contribution in [0.3, 0.4) is 0 Å². The Bertz CT molecular complexity index is 1090. The molecule has 10 heteroatoms. The number of aryl methyl sites for hydroxylation is 1. The third-order valence-electron chi connectivity index (χ3n) is 5.42. The molecule has 1 fully saturated rings. The van der Waals surface area contributed by atoms with E-state index in [-0.39, 0.29) is 17.4 Å².